The van der Waals surface area contributed by atoms with Gasteiger partial charge in [0.1, 0.15) is 0 Å². The highest BCUT2D eigenvalue weighted by Gasteiger charge is 2.25. The predicted molar refractivity (Wildman–Crippen MR) is 56.6 cm³/mol. The van der Waals surface area contributed by atoms with E-state index in [0.717, 1.165) is 32.5 Å². The van der Waals surface area contributed by atoms with Crippen molar-refractivity contribution >= 4 is 5.91 Å². The lowest BCUT2D eigenvalue weighted by Crippen LogP contribution is -2.47. The number of carbonyl (C=O) groups is 1. The van der Waals surface area contributed by atoms with Gasteiger partial charge < -0.3 is 11.5 Å². The third kappa shape index (κ3) is 2.96. The quantitative estimate of drug-likeness (QED) is 0.665. The molecule has 1 heterocycles. The van der Waals surface area contributed by atoms with Crippen LogP contribution in [0.15, 0.2) is 0 Å². The maximum Gasteiger partial charge on any atom is 0.234 e. The third-order valence-corrected chi connectivity index (χ3v) is 3.08. The molecule has 1 fully saturated rings. The van der Waals surface area contributed by atoms with Crippen LogP contribution < -0.4 is 11.5 Å². The number of hydrogen-bond acceptors (Lipinski definition) is 3. The number of amides is 1. The Balaban J connectivity index is 2.43. The zero-order chi connectivity index (χ0) is 10.6. The number of hydrogen-bond donors (Lipinski definition) is 2. The number of nitrogens with zero attached hydrogens (tertiary/aromatic N) is 1. The van der Waals surface area contributed by atoms with Gasteiger partial charge in [-0.15, -0.1) is 0 Å². The van der Waals surface area contributed by atoms with Gasteiger partial charge in [-0.2, -0.15) is 0 Å². The van der Waals surface area contributed by atoms with E-state index in [1.54, 1.807) is 0 Å². The van der Waals surface area contributed by atoms with Crippen LogP contribution in [0.25, 0.3) is 0 Å². The van der Waals surface area contributed by atoms with Gasteiger partial charge in [-0.05, 0) is 45.2 Å². The second-order valence-corrected chi connectivity index (χ2v) is 4.16. The Morgan fingerprint density at radius 3 is 2.93 bits per heavy atom. The Morgan fingerprint density at radius 2 is 2.36 bits per heavy atom. The van der Waals surface area contributed by atoms with Crippen molar-refractivity contribution in [1.82, 2.24) is 4.90 Å². The maximum absolute atomic E-state index is 11.0. The van der Waals surface area contributed by atoms with Gasteiger partial charge in [0, 0.05) is 6.54 Å². The average Bonchev–Trinajstić information content (AvgIpc) is 2.17. The topological polar surface area (TPSA) is 72.4 Å². The fourth-order valence-electron chi connectivity index (χ4n) is 2.10. The van der Waals surface area contributed by atoms with Crippen LogP contribution in [0.2, 0.25) is 0 Å². The third-order valence-electron chi connectivity index (χ3n) is 3.08. The minimum Gasteiger partial charge on any atom is -0.368 e. The molecule has 2 atom stereocenters. The first-order valence-corrected chi connectivity index (χ1v) is 5.38. The Hall–Kier alpha value is -0.610. The predicted octanol–water partition coefficient (Wildman–Crippen LogP) is -0.0790. The fourth-order valence-corrected chi connectivity index (χ4v) is 2.10. The van der Waals surface area contributed by atoms with Crippen molar-refractivity contribution in [2.45, 2.75) is 32.2 Å². The van der Waals surface area contributed by atoms with E-state index in [2.05, 4.69) is 4.90 Å². The van der Waals surface area contributed by atoms with Gasteiger partial charge >= 0.3 is 0 Å². The number of piperidine rings is 1. The molecule has 0 aromatic carbocycles. The molecule has 14 heavy (non-hydrogen) atoms. The van der Waals surface area contributed by atoms with E-state index in [4.69, 9.17) is 11.5 Å². The molecule has 0 aromatic rings. The lowest BCUT2D eigenvalue weighted by Gasteiger charge is -2.35. The lowest BCUT2D eigenvalue weighted by atomic mass is 9.94. The zero-order valence-corrected chi connectivity index (χ0v) is 8.91. The van der Waals surface area contributed by atoms with Gasteiger partial charge in [0.2, 0.25) is 5.91 Å². The van der Waals surface area contributed by atoms with Gasteiger partial charge in [-0.25, -0.2) is 0 Å². The highest BCUT2D eigenvalue weighted by Crippen LogP contribution is 2.20. The molecule has 1 saturated heterocycles. The Labute approximate surface area is 85.6 Å². The van der Waals surface area contributed by atoms with E-state index in [1.165, 1.54) is 6.42 Å². The molecule has 1 aliphatic rings. The molecule has 4 nitrogen and oxygen atoms in total. The first-order valence-electron chi connectivity index (χ1n) is 5.38. The van der Waals surface area contributed by atoms with Gasteiger partial charge in [0.15, 0.2) is 0 Å². The Kier molecular flexibility index (Phi) is 4.35. The molecule has 0 spiro atoms. The minimum atomic E-state index is -0.224. The standard InChI is InChI=1S/C10H21N3O/c1-8(10(12)14)13-6-2-3-9(7-13)4-5-11/h8-9H,2-7,11H2,1H3,(H2,12,14). The van der Waals surface area contributed by atoms with Crippen LogP contribution in [0.5, 0.6) is 0 Å². The molecule has 1 rings (SSSR count). The van der Waals surface area contributed by atoms with Crippen LogP contribution >= 0.6 is 0 Å². The summed E-state index contributed by atoms with van der Waals surface area (Å²) in [7, 11) is 0. The Bertz CT molecular complexity index is 194. The summed E-state index contributed by atoms with van der Waals surface area (Å²) in [6, 6.07) is -0.129. The number of primary amides is 1. The van der Waals surface area contributed by atoms with E-state index >= 15 is 0 Å². The van der Waals surface area contributed by atoms with Crippen LogP contribution in [0.3, 0.4) is 0 Å². The van der Waals surface area contributed by atoms with E-state index in [0.29, 0.717) is 5.92 Å². The summed E-state index contributed by atoms with van der Waals surface area (Å²) < 4.78 is 0. The van der Waals surface area contributed by atoms with Crippen molar-refractivity contribution in [2.75, 3.05) is 19.6 Å². The van der Waals surface area contributed by atoms with Crippen LogP contribution in [0.1, 0.15) is 26.2 Å². The molecule has 0 aliphatic carbocycles. The second kappa shape index (κ2) is 5.32. The molecule has 0 aromatic heterocycles. The molecular formula is C10H21N3O. The van der Waals surface area contributed by atoms with Crippen molar-refractivity contribution in [1.29, 1.82) is 0 Å². The summed E-state index contributed by atoms with van der Waals surface area (Å²) in [6.45, 7) is 4.59. The molecule has 0 radical (unpaired) electrons. The molecule has 0 bridgehead atoms. The average molecular weight is 199 g/mol. The number of nitrogens with two attached hydrogens (primary N) is 2. The fraction of sp³-hybridized carbons (Fsp3) is 0.900. The molecular weight excluding hydrogens is 178 g/mol. The molecule has 2 unspecified atom stereocenters. The number of carbonyl (C=O) groups excluding carboxylic acids is 1. The van der Waals surface area contributed by atoms with Crippen molar-refractivity contribution in [2.24, 2.45) is 17.4 Å². The zero-order valence-electron chi connectivity index (χ0n) is 8.91. The van der Waals surface area contributed by atoms with Crippen LogP contribution in [-0.4, -0.2) is 36.5 Å². The Morgan fingerprint density at radius 1 is 1.64 bits per heavy atom. The normalized spacial score (nSPS) is 26.0. The van der Waals surface area contributed by atoms with Crippen LogP contribution in [0, 0.1) is 5.92 Å². The number of rotatable bonds is 4. The highest BCUT2D eigenvalue weighted by molar-refractivity contribution is 5.79. The minimum absolute atomic E-state index is 0.129. The highest BCUT2D eigenvalue weighted by atomic mass is 16.1. The molecule has 0 saturated carbocycles. The monoisotopic (exact) mass is 199 g/mol. The summed E-state index contributed by atoms with van der Waals surface area (Å²) in [4.78, 5) is 13.2. The number of likely N-dealkylation sites (tertiary alicyclic amines) is 1. The summed E-state index contributed by atoms with van der Waals surface area (Å²) in [6.07, 6.45) is 3.45. The van der Waals surface area contributed by atoms with Crippen molar-refractivity contribution in [3.8, 4) is 0 Å². The van der Waals surface area contributed by atoms with Crippen molar-refractivity contribution < 1.29 is 4.79 Å². The largest absolute Gasteiger partial charge is 0.368 e. The van der Waals surface area contributed by atoms with Crippen LogP contribution in [0.4, 0.5) is 0 Å². The summed E-state index contributed by atoms with van der Waals surface area (Å²) >= 11 is 0. The van der Waals surface area contributed by atoms with E-state index in [1.807, 2.05) is 6.92 Å². The molecule has 1 aliphatic heterocycles. The summed E-state index contributed by atoms with van der Waals surface area (Å²) in [5.41, 5.74) is 10.8. The first-order chi connectivity index (χ1) is 6.65. The maximum atomic E-state index is 11.0. The second-order valence-electron chi connectivity index (χ2n) is 4.16. The van der Waals surface area contributed by atoms with Gasteiger partial charge in [-0.1, -0.05) is 0 Å². The summed E-state index contributed by atoms with van der Waals surface area (Å²) in [5, 5.41) is 0. The van der Waals surface area contributed by atoms with E-state index < -0.39 is 0 Å². The van der Waals surface area contributed by atoms with Gasteiger partial charge in [-0.3, -0.25) is 9.69 Å². The van der Waals surface area contributed by atoms with Gasteiger partial charge in [0.05, 0.1) is 6.04 Å². The van der Waals surface area contributed by atoms with Crippen molar-refractivity contribution in [3.05, 3.63) is 0 Å². The molecule has 1 amide bonds. The van der Waals surface area contributed by atoms with E-state index in [9.17, 15) is 4.79 Å². The van der Waals surface area contributed by atoms with Crippen LogP contribution in [-0.2, 0) is 4.79 Å². The van der Waals surface area contributed by atoms with Gasteiger partial charge in [0.25, 0.3) is 0 Å². The first kappa shape index (κ1) is 11.5. The lowest BCUT2D eigenvalue weighted by molar-refractivity contribution is -0.123. The van der Waals surface area contributed by atoms with E-state index in [-0.39, 0.29) is 11.9 Å². The smallest absolute Gasteiger partial charge is 0.234 e. The molecule has 4 heteroatoms. The SMILES string of the molecule is CC(C(N)=O)N1CCCC(CCN)C1. The van der Waals surface area contributed by atoms with Crippen molar-refractivity contribution in [3.63, 3.8) is 0 Å². The summed E-state index contributed by atoms with van der Waals surface area (Å²) in [5.74, 6) is 0.425. The molecule has 4 N–H and O–H groups in total. The molecule has 82 valence electrons.